The minimum atomic E-state index is -4.48. The minimum Gasteiger partial charge on any atom is -0.306 e. The first kappa shape index (κ1) is 14.7. The summed E-state index contributed by atoms with van der Waals surface area (Å²) in [5.41, 5.74) is 0. The summed E-state index contributed by atoms with van der Waals surface area (Å²) in [6.45, 7) is 4.00. The molecule has 0 bridgehead atoms. The van der Waals surface area contributed by atoms with Gasteiger partial charge >= 0.3 is 6.36 Å². The maximum absolute atomic E-state index is 11.8. The maximum atomic E-state index is 11.8. The fourth-order valence-corrected chi connectivity index (χ4v) is 1.68. The van der Waals surface area contributed by atoms with Gasteiger partial charge in [-0.05, 0) is 33.4 Å². The van der Waals surface area contributed by atoms with Crippen LogP contribution in [-0.4, -0.2) is 37.5 Å². The summed E-state index contributed by atoms with van der Waals surface area (Å²) in [7, 11) is 3.75. The van der Waals surface area contributed by atoms with Crippen LogP contribution in [-0.2, 0) is 4.74 Å². The van der Waals surface area contributed by atoms with E-state index >= 15 is 0 Å². The second-order valence-electron chi connectivity index (χ2n) is 3.62. The molecule has 0 aliphatic heterocycles. The Morgan fingerprint density at radius 3 is 2.00 bits per heavy atom. The summed E-state index contributed by atoms with van der Waals surface area (Å²) in [5.74, 6) is 0. The average molecular weight is 227 g/mol. The van der Waals surface area contributed by atoms with Crippen molar-refractivity contribution in [1.82, 2.24) is 4.90 Å². The van der Waals surface area contributed by atoms with Crippen LogP contribution in [0.25, 0.3) is 0 Å². The van der Waals surface area contributed by atoms with Crippen molar-refractivity contribution >= 4 is 0 Å². The van der Waals surface area contributed by atoms with Crippen LogP contribution in [0.4, 0.5) is 13.2 Å². The van der Waals surface area contributed by atoms with Crippen molar-refractivity contribution in [2.45, 2.75) is 51.6 Å². The molecule has 0 amide bonds. The Hall–Kier alpha value is -0.290. The van der Waals surface area contributed by atoms with Crippen LogP contribution in [0.2, 0.25) is 0 Å². The van der Waals surface area contributed by atoms with E-state index in [2.05, 4.69) is 4.74 Å². The van der Waals surface area contributed by atoms with Gasteiger partial charge in [0.1, 0.15) is 0 Å². The zero-order valence-electron chi connectivity index (χ0n) is 9.77. The van der Waals surface area contributed by atoms with Gasteiger partial charge in [0.2, 0.25) is 0 Å². The summed E-state index contributed by atoms with van der Waals surface area (Å²) in [6.07, 6.45) is -3.36. The van der Waals surface area contributed by atoms with Crippen LogP contribution in [0.3, 0.4) is 0 Å². The number of hydrogen-bond donors (Lipinski definition) is 0. The van der Waals surface area contributed by atoms with Gasteiger partial charge in [-0.15, -0.1) is 13.2 Å². The first-order valence-electron chi connectivity index (χ1n) is 5.29. The van der Waals surface area contributed by atoms with Gasteiger partial charge in [0, 0.05) is 6.04 Å². The molecule has 0 radical (unpaired) electrons. The van der Waals surface area contributed by atoms with Crippen molar-refractivity contribution in [3.05, 3.63) is 0 Å². The molecule has 0 aromatic carbocycles. The van der Waals surface area contributed by atoms with E-state index in [0.717, 1.165) is 6.42 Å². The van der Waals surface area contributed by atoms with Gasteiger partial charge in [-0.25, -0.2) is 0 Å². The molecule has 1 rings (SSSR count). The van der Waals surface area contributed by atoms with E-state index in [4.69, 9.17) is 0 Å². The van der Waals surface area contributed by atoms with Crippen LogP contribution >= 0.6 is 0 Å². The minimum absolute atomic E-state index is 0.229. The van der Waals surface area contributed by atoms with Crippen molar-refractivity contribution in [2.24, 2.45) is 0 Å². The van der Waals surface area contributed by atoms with Crippen molar-refractivity contribution in [3.63, 3.8) is 0 Å². The van der Waals surface area contributed by atoms with Crippen molar-refractivity contribution in [2.75, 3.05) is 14.1 Å². The number of alkyl halides is 3. The van der Waals surface area contributed by atoms with Gasteiger partial charge in [-0.1, -0.05) is 13.8 Å². The lowest BCUT2D eigenvalue weighted by Crippen LogP contribution is -2.27. The molecule has 1 fully saturated rings. The molecular weight excluding hydrogens is 207 g/mol. The zero-order chi connectivity index (χ0) is 12.1. The van der Waals surface area contributed by atoms with E-state index in [0.29, 0.717) is 12.8 Å². The van der Waals surface area contributed by atoms with Crippen molar-refractivity contribution in [3.8, 4) is 0 Å². The van der Waals surface area contributed by atoms with Gasteiger partial charge in [0.15, 0.2) is 0 Å². The molecule has 2 atom stereocenters. The van der Waals surface area contributed by atoms with Crippen LogP contribution in [0, 0.1) is 0 Å². The normalized spacial score (nSPS) is 26.4. The summed E-state index contributed by atoms with van der Waals surface area (Å²) in [4.78, 5) is 1.94. The quantitative estimate of drug-likeness (QED) is 0.719. The molecule has 0 aromatic heterocycles. The van der Waals surface area contributed by atoms with E-state index < -0.39 is 12.5 Å². The molecule has 0 spiro atoms. The number of nitrogens with zero attached hydrogens (tertiary/aromatic N) is 1. The molecular formula is C10H20F3NO. The fraction of sp³-hybridized carbons (Fsp3) is 1.00. The number of hydrogen-bond acceptors (Lipinski definition) is 2. The summed E-state index contributed by atoms with van der Waals surface area (Å²) in [6, 6.07) is 0.229. The third-order valence-electron chi connectivity index (χ3n) is 2.39. The van der Waals surface area contributed by atoms with Crippen LogP contribution in [0.1, 0.15) is 33.1 Å². The number of ether oxygens (including phenoxy) is 1. The van der Waals surface area contributed by atoms with Gasteiger partial charge in [-0.3, -0.25) is 4.74 Å². The molecule has 92 valence electrons. The van der Waals surface area contributed by atoms with Gasteiger partial charge in [0.25, 0.3) is 0 Å². The lowest BCUT2D eigenvalue weighted by Gasteiger charge is -2.19. The maximum Gasteiger partial charge on any atom is 0.522 e. The summed E-state index contributed by atoms with van der Waals surface area (Å²) >= 11 is 0. The van der Waals surface area contributed by atoms with Crippen molar-refractivity contribution < 1.29 is 17.9 Å². The van der Waals surface area contributed by atoms with Crippen LogP contribution < -0.4 is 0 Å². The molecule has 5 heteroatoms. The molecule has 0 saturated heterocycles. The molecule has 1 aliphatic carbocycles. The highest BCUT2D eigenvalue weighted by atomic mass is 19.4. The molecule has 15 heavy (non-hydrogen) atoms. The Labute approximate surface area is 89.4 Å². The third kappa shape index (κ3) is 5.99. The Morgan fingerprint density at radius 1 is 1.13 bits per heavy atom. The molecule has 1 aliphatic rings. The molecule has 2 unspecified atom stereocenters. The Bertz CT molecular complexity index is 171. The molecule has 0 aromatic rings. The molecule has 0 N–H and O–H groups in total. The topological polar surface area (TPSA) is 12.5 Å². The first-order chi connectivity index (χ1) is 6.88. The van der Waals surface area contributed by atoms with E-state index in [1.165, 1.54) is 0 Å². The van der Waals surface area contributed by atoms with Gasteiger partial charge < -0.3 is 4.90 Å². The van der Waals surface area contributed by atoms with E-state index in [1.807, 2.05) is 32.8 Å². The van der Waals surface area contributed by atoms with Gasteiger partial charge in [-0.2, -0.15) is 0 Å². The zero-order valence-corrected chi connectivity index (χ0v) is 9.77. The third-order valence-corrected chi connectivity index (χ3v) is 2.39. The predicted molar refractivity (Wildman–Crippen MR) is 53.6 cm³/mol. The fourth-order valence-electron chi connectivity index (χ4n) is 1.68. The average Bonchev–Trinajstić information content (AvgIpc) is 2.53. The molecule has 0 heterocycles. The first-order valence-corrected chi connectivity index (χ1v) is 5.29. The van der Waals surface area contributed by atoms with Crippen LogP contribution in [0.15, 0.2) is 0 Å². The van der Waals surface area contributed by atoms with Gasteiger partial charge in [0.05, 0.1) is 6.10 Å². The molecule has 2 nitrogen and oxygen atoms in total. The highest BCUT2D eigenvalue weighted by Gasteiger charge is 2.37. The number of halogens is 3. The summed E-state index contributed by atoms with van der Waals surface area (Å²) in [5, 5.41) is 0. The smallest absolute Gasteiger partial charge is 0.306 e. The molecule has 1 saturated carbocycles. The standard InChI is InChI=1S/C8H14F3NO.C2H6/c1-12(2)6-3-4-7(5-6)13-8(9,10)11;1-2/h6-7H,3-5H2,1-2H3;1-2H3. The largest absolute Gasteiger partial charge is 0.522 e. The SMILES string of the molecule is CC.CN(C)C1CCC(OC(F)(F)F)C1. The second-order valence-corrected chi connectivity index (χ2v) is 3.62. The van der Waals surface area contributed by atoms with E-state index in [1.54, 1.807) is 0 Å². The lowest BCUT2D eigenvalue weighted by atomic mass is 10.2. The highest BCUT2D eigenvalue weighted by molar-refractivity contribution is 4.81. The number of rotatable bonds is 2. The highest BCUT2D eigenvalue weighted by Crippen LogP contribution is 2.30. The Kier molecular flexibility index (Phi) is 6.20. The Balaban J connectivity index is 0.000000921. The predicted octanol–water partition coefficient (Wildman–Crippen LogP) is 3.03. The lowest BCUT2D eigenvalue weighted by molar-refractivity contribution is -0.341. The summed E-state index contributed by atoms with van der Waals surface area (Å²) < 4.78 is 39.4. The monoisotopic (exact) mass is 227 g/mol. The van der Waals surface area contributed by atoms with E-state index in [-0.39, 0.29) is 6.04 Å². The van der Waals surface area contributed by atoms with E-state index in [9.17, 15) is 13.2 Å². The second kappa shape index (κ2) is 6.33. The van der Waals surface area contributed by atoms with Crippen molar-refractivity contribution in [1.29, 1.82) is 0 Å². The van der Waals surface area contributed by atoms with Crippen LogP contribution in [0.5, 0.6) is 0 Å². The Morgan fingerprint density at radius 2 is 1.67 bits per heavy atom.